The first-order valence-corrected chi connectivity index (χ1v) is 10.6. The normalized spacial score (nSPS) is 43.1. The average Bonchev–Trinajstić information content (AvgIpc) is 3.38. The summed E-state index contributed by atoms with van der Waals surface area (Å²) in [5.74, 6) is 2.00. The third kappa shape index (κ3) is 1.65. The van der Waals surface area contributed by atoms with Crippen LogP contribution in [0.1, 0.15) is 56.6 Å². The molecule has 3 fully saturated rings. The molecule has 1 aromatic rings. The Kier molecular flexibility index (Phi) is 3.01. The fraction of sp³-hybridized carbons (Fsp3) is 0.727. The number of piperidine rings is 1. The lowest BCUT2D eigenvalue weighted by Gasteiger charge is -2.66. The van der Waals surface area contributed by atoms with E-state index in [4.69, 9.17) is 10.5 Å². The summed E-state index contributed by atoms with van der Waals surface area (Å²) in [6.45, 7) is 4.82. The van der Waals surface area contributed by atoms with E-state index in [1.165, 1.54) is 43.4 Å². The molecule has 3 aliphatic carbocycles. The van der Waals surface area contributed by atoms with Crippen molar-refractivity contribution in [2.24, 2.45) is 17.1 Å². The van der Waals surface area contributed by atoms with E-state index >= 15 is 0 Å². The van der Waals surface area contributed by atoms with Gasteiger partial charge in [0.15, 0.2) is 11.5 Å². The maximum atomic E-state index is 10.6. The number of ether oxygens (including phenoxy) is 1. The second-order valence-electron chi connectivity index (χ2n) is 9.58. The monoisotopic (exact) mass is 354 g/mol. The van der Waals surface area contributed by atoms with Gasteiger partial charge in [-0.2, -0.15) is 0 Å². The first-order valence-electron chi connectivity index (χ1n) is 10.6. The minimum absolute atomic E-state index is 0.00574. The van der Waals surface area contributed by atoms with Gasteiger partial charge in [-0.1, -0.05) is 13.0 Å². The number of phenols is 1. The number of nitrogens with two attached hydrogens (primary N) is 1. The van der Waals surface area contributed by atoms with Crippen LogP contribution in [0.2, 0.25) is 0 Å². The summed E-state index contributed by atoms with van der Waals surface area (Å²) in [6.07, 6.45) is 8.52. The van der Waals surface area contributed by atoms with Crippen molar-refractivity contribution >= 4 is 0 Å². The Hall–Kier alpha value is -1.26. The molecule has 1 spiro atoms. The van der Waals surface area contributed by atoms with Crippen molar-refractivity contribution in [1.29, 1.82) is 0 Å². The zero-order valence-electron chi connectivity index (χ0n) is 15.7. The Labute approximate surface area is 155 Å². The van der Waals surface area contributed by atoms with Gasteiger partial charge in [-0.25, -0.2) is 0 Å². The largest absolute Gasteiger partial charge is 0.504 e. The van der Waals surface area contributed by atoms with E-state index in [0.29, 0.717) is 11.8 Å². The van der Waals surface area contributed by atoms with E-state index < -0.39 is 0 Å². The first kappa shape index (κ1) is 15.8. The van der Waals surface area contributed by atoms with Crippen LogP contribution in [-0.2, 0) is 11.8 Å². The molecular weight excluding hydrogens is 324 g/mol. The average molecular weight is 354 g/mol. The summed E-state index contributed by atoms with van der Waals surface area (Å²) < 4.78 is 6.48. The van der Waals surface area contributed by atoms with Gasteiger partial charge >= 0.3 is 0 Å². The quantitative estimate of drug-likeness (QED) is 0.876. The fourth-order valence-electron chi connectivity index (χ4n) is 7.46. The molecule has 6 rings (SSSR count). The topological polar surface area (TPSA) is 58.7 Å². The van der Waals surface area contributed by atoms with Crippen LogP contribution in [0.3, 0.4) is 0 Å². The lowest BCUT2D eigenvalue weighted by molar-refractivity contribution is -0.133. The van der Waals surface area contributed by atoms with Crippen molar-refractivity contribution < 1.29 is 9.84 Å². The Balaban J connectivity index is 1.58. The van der Waals surface area contributed by atoms with Gasteiger partial charge in [-0.05, 0) is 74.5 Å². The van der Waals surface area contributed by atoms with Gasteiger partial charge in [0.2, 0.25) is 0 Å². The molecule has 2 saturated carbocycles. The van der Waals surface area contributed by atoms with Gasteiger partial charge in [0.1, 0.15) is 6.10 Å². The van der Waals surface area contributed by atoms with Crippen LogP contribution in [0, 0.1) is 11.3 Å². The summed E-state index contributed by atoms with van der Waals surface area (Å²) in [5, 5.41) is 10.6. The summed E-state index contributed by atoms with van der Waals surface area (Å²) in [7, 11) is 0. The van der Waals surface area contributed by atoms with Crippen LogP contribution in [0.25, 0.3) is 0 Å². The van der Waals surface area contributed by atoms with Crippen LogP contribution in [0.5, 0.6) is 11.5 Å². The summed E-state index contributed by atoms with van der Waals surface area (Å²) in [5.41, 5.74) is 9.62. The molecule has 2 heterocycles. The van der Waals surface area contributed by atoms with Crippen molar-refractivity contribution in [2.45, 2.75) is 75.5 Å². The Bertz CT molecular complexity index is 776. The molecule has 0 amide bonds. The molecule has 26 heavy (non-hydrogen) atoms. The summed E-state index contributed by atoms with van der Waals surface area (Å²) in [4.78, 5) is 2.83. The third-order valence-corrected chi connectivity index (χ3v) is 8.71. The number of rotatable bonds is 3. The van der Waals surface area contributed by atoms with Crippen LogP contribution in [0.4, 0.5) is 0 Å². The summed E-state index contributed by atoms with van der Waals surface area (Å²) in [6, 6.07) is 4.68. The predicted octanol–water partition coefficient (Wildman–Crippen LogP) is 2.95. The lowest BCUT2D eigenvalue weighted by Crippen LogP contribution is -2.73. The summed E-state index contributed by atoms with van der Waals surface area (Å²) >= 11 is 0. The minimum Gasteiger partial charge on any atom is -0.504 e. The van der Waals surface area contributed by atoms with E-state index in [0.717, 1.165) is 37.5 Å². The molecule has 0 aromatic heterocycles. The second kappa shape index (κ2) is 4.96. The molecule has 0 radical (unpaired) electrons. The van der Waals surface area contributed by atoms with Crippen molar-refractivity contribution in [3.05, 3.63) is 23.3 Å². The zero-order valence-corrected chi connectivity index (χ0v) is 15.7. The molecule has 5 atom stereocenters. The highest BCUT2D eigenvalue weighted by Gasteiger charge is 2.71. The standard InChI is InChI=1S/C22H30N2O2/c1-2-21-8-7-15(23)20-22(21)9-10-24(12-13-3-4-13)17(21)11-14-5-6-16(25)19(26-20)18(14)22/h5-6,13,15,17,20,25H,2-4,7-12,23H2,1H3/t15-,17-,20+,21+,22+/m1/s1. The van der Waals surface area contributed by atoms with Crippen molar-refractivity contribution in [2.75, 3.05) is 13.1 Å². The molecule has 3 N–H and O–H groups in total. The van der Waals surface area contributed by atoms with Crippen LogP contribution < -0.4 is 10.5 Å². The molecule has 2 aliphatic heterocycles. The Morgan fingerprint density at radius 1 is 1.27 bits per heavy atom. The van der Waals surface area contributed by atoms with Crippen molar-refractivity contribution in [3.8, 4) is 11.5 Å². The number of hydrogen-bond donors (Lipinski definition) is 2. The van der Waals surface area contributed by atoms with E-state index in [1.54, 1.807) is 0 Å². The highest BCUT2D eigenvalue weighted by atomic mass is 16.5. The van der Waals surface area contributed by atoms with E-state index in [9.17, 15) is 5.11 Å². The van der Waals surface area contributed by atoms with Gasteiger partial charge in [-0.3, -0.25) is 4.90 Å². The number of likely N-dealkylation sites (tertiary alicyclic amines) is 1. The number of aromatic hydroxyl groups is 1. The maximum Gasteiger partial charge on any atom is 0.165 e. The lowest BCUT2D eigenvalue weighted by atomic mass is 9.42. The van der Waals surface area contributed by atoms with Gasteiger partial charge in [0.05, 0.1) is 0 Å². The SMILES string of the molecule is CC[C@@]12CC[C@@H](N)[C@@H]3Oc4c(O)ccc5c4[C@@]31CCN(CC1CC1)[C@@H]2C5. The van der Waals surface area contributed by atoms with E-state index in [-0.39, 0.29) is 23.0 Å². The van der Waals surface area contributed by atoms with Gasteiger partial charge in [-0.15, -0.1) is 0 Å². The molecule has 2 bridgehead atoms. The predicted molar refractivity (Wildman–Crippen MR) is 101 cm³/mol. The highest BCUT2D eigenvalue weighted by molar-refractivity contribution is 5.62. The third-order valence-electron chi connectivity index (χ3n) is 8.71. The number of nitrogens with zero attached hydrogens (tertiary/aromatic N) is 1. The fourth-order valence-corrected chi connectivity index (χ4v) is 7.46. The smallest absolute Gasteiger partial charge is 0.165 e. The van der Waals surface area contributed by atoms with Crippen LogP contribution in [0.15, 0.2) is 12.1 Å². The molecule has 1 aromatic carbocycles. The molecular formula is C22H30N2O2. The van der Waals surface area contributed by atoms with Gasteiger partial charge < -0.3 is 15.6 Å². The van der Waals surface area contributed by atoms with Gasteiger partial charge in [0.25, 0.3) is 0 Å². The van der Waals surface area contributed by atoms with E-state index in [2.05, 4.69) is 17.9 Å². The van der Waals surface area contributed by atoms with Gasteiger partial charge in [0, 0.05) is 29.6 Å². The van der Waals surface area contributed by atoms with Crippen molar-refractivity contribution in [3.63, 3.8) is 0 Å². The highest BCUT2D eigenvalue weighted by Crippen LogP contribution is 2.70. The first-order chi connectivity index (χ1) is 12.6. The van der Waals surface area contributed by atoms with Crippen LogP contribution >= 0.6 is 0 Å². The maximum absolute atomic E-state index is 10.6. The Morgan fingerprint density at radius 2 is 2.12 bits per heavy atom. The number of hydrogen-bond acceptors (Lipinski definition) is 4. The number of phenolic OH excluding ortho intramolecular Hbond substituents is 1. The minimum atomic E-state index is 0.00574. The molecule has 4 heteroatoms. The van der Waals surface area contributed by atoms with E-state index in [1.807, 2.05) is 6.07 Å². The molecule has 1 saturated heterocycles. The second-order valence-corrected chi connectivity index (χ2v) is 9.58. The number of benzene rings is 1. The molecule has 140 valence electrons. The zero-order chi connectivity index (χ0) is 17.7. The molecule has 0 unspecified atom stereocenters. The van der Waals surface area contributed by atoms with Crippen molar-refractivity contribution in [1.82, 2.24) is 4.90 Å². The van der Waals surface area contributed by atoms with Crippen LogP contribution in [-0.4, -0.2) is 41.3 Å². The molecule has 5 aliphatic rings. The Morgan fingerprint density at radius 3 is 2.88 bits per heavy atom. The molecule has 4 nitrogen and oxygen atoms in total.